The van der Waals surface area contributed by atoms with Gasteiger partial charge in [-0.25, -0.2) is 0 Å². The molecule has 0 aromatic carbocycles. The second-order valence-electron chi connectivity index (χ2n) is 7.04. The van der Waals surface area contributed by atoms with Crippen LogP contribution in [-0.4, -0.2) is 35.9 Å². The van der Waals surface area contributed by atoms with Crippen molar-refractivity contribution in [3.05, 3.63) is 85.4 Å². The third-order valence-electron chi connectivity index (χ3n) is 3.92. The van der Waals surface area contributed by atoms with Gasteiger partial charge < -0.3 is 15.3 Å². The van der Waals surface area contributed by atoms with Crippen LogP contribution in [0.1, 0.15) is 14.6 Å². The molecule has 0 aliphatic heterocycles. The predicted molar refractivity (Wildman–Crippen MR) is 130 cm³/mol. The molecule has 3 rings (SSSR count). The Labute approximate surface area is 288 Å². The van der Waals surface area contributed by atoms with Crippen molar-refractivity contribution in [1.29, 1.82) is 0 Å². The van der Waals surface area contributed by atoms with Crippen LogP contribution in [0.2, 0.25) is 0 Å². The zero-order valence-electron chi connectivity index (χ0n) is 20.4. The summed E-state index contributed by atoms with van der Waals surface area (Å²) in [4.78, 5) is 31.5. The van der Waals surface area contributed by atoms with Crippen molar-refractivity contribution < 1.29 is 119 Å². The summed E-state index contributed by atoms with van der Waals surface area (Å²) in [6.07, 6.45) is -14.8. The molecule has 0 aliphatic carbocycles. The van der Waals surface area contributed by atoms with Gasteiger partial charge in [-0.1, -0.05) is 35.5 Å². The Bertz CT molecular complexity index is 1230. The molecular formula is C24H12EuF9O6S3. The predicted octanol–water partition coefficient (Wildman–Crippen LogP) is 4.74. The van der Waals surface area contributed by atoms with Crippen LogP contribution >= 0.6 is 34.0 Å². The van der Waals surface area contributed by atoms with Crippen LogP contribution < -0.4 is 15.3 Å². The van der Waals surface area contributed by atoms with E-state index in [-0.39, 0.29) is 82.2 Å². The molecule has 0 bridgehead atoms. The van der Waals surface area contributed by atoms with E-state index < -0.39 is 53.2 Å². The summed E-state index contributed by atoms with van der Waals surface area (Å²) in [6, 6.07) is 8.62. The molecular weight excluding hydrogens is 803 g/mol. The van der Waals surface area contributed by atoms with Crippen LogP contribution in [0.25, 0.3) is 17.3 Å². The summed E-state index contributed by atoms with van der Waals surface area (Å²) in [5.74, 6) is -9.13. The molecule has 0 fully saturated rings. The number of ketones is 3. The number of rotatable bonds is 6. The van der Waals surface area contributed by atoms with Crippen LogP contribution in [0.3, 0.4) is 0 Å². The molecule has 3 aromatic rings. The number of hydrogen-bond donors (Lipinski definition) is 0. The van der Waals surface area contributed by atoms with Crippen molar-refractivity contribution in [3.8, 4) is 0 Å². The largest absolute Gasteiger partial charge is 3.00 e. The van der Waals surface area contributed by atoms with Crippen LogP contribution in [0, 0.1) is 49.4 Å². The molecule has 0 N–H and O–H groups in total. The van der Waals surface area contributed by atoms with E-state index in [2.05, 4.69) is 0 Å². The Morgan fingerprint density at radius 2 is 0.721 bits per heavy atom. The number of halogens is 9. The molecule has 0 spiro atoms. The summed E-state index contributed by atoms with van der Waals surface area (Å²) >= 11 is 2.95. The van der Waals surface area contributed by atoms with Gasteiger partial charge in [-0.3, -0.25) is 14.4 Å². The number of carbonyl (C=O) groups excluding carboxylic acids is 3. The third kappa shape index (κ3) is 15.3. The van der Waals surface area contributed by atoms with Gasteiger partial charge >= 0.3 is 67.9 Å². The standard InChI is InChI=1S/3C8H5F3O2S.Eu/c3*9-8(10,11)7(13)4-5(12)6-2-1-3-14-6;/h3*1-4,12H;/q;;;+3/p-3/b3*5-4-;. The van der Waals surface area contributed by atoms with Crippen LogP contribution in [0.15, 0.2) is 70.8 Å². The maximum Gasteiger partial charge on any atom is 3.00 e. The number of hydrogen-bond acceptors (Lipinski definition) is 9. The Morgan fingerprint density at radius 3 is 0.860 bits per heavy atom. The first-order chi connectivity index (χ1) is 19.2. The fourth-order valence-electron chi connectivity index (χ4n) is 2.07. The Morgan fingerprint density at radius 1 is 0.512 bits per heavy atom. The molecule has 0 aliphatic rings. The first-order valence-electron chi connectivity index (χ1n) is 10.3. The van der Waals surface area contributed by atoms with Gasteiger partial charge in [-0.2, -0.15) is 39.5 Å². The van der Waals surface area contributed by atoms with E-state index in [1.807, 2.05) is 0 Å². The van der Waals surface area contributed by atoms with Crippen molar-refractivity contribution in [3.63, 3.8) is 0 Å². The summed E-state index contributed by atoms with van der Waals surface area (Å²) in [6.45, 7) is 0. The van der Waals surface area contributed by atoms with Crippen LogP contribution in [0.4, 0.5) is 39.5 Å². The smallest absolute Gasteiger partial charge is 0.871 e. The first kappa shape index (κ1) is 40.7. The number of allylic oxidation sites excluding steroid dienone is 3. The molecule has 232 valence electrons. The van der Waals surface area contributed by atoms with Gasteiger partial charge in [0.1, 0.15) is 0 Å². The zero-order valence-corrected chi connectivity index (χ0v) is 25.3. The van der Waals surface area contributed by atoms with E-state index in [1.165, 1.54) is 36.4 Å². The molecule has 43 heavy (non-hydrogen) atoms. The Balaban J connectivity index is 0.000000608. The number of thiophene rings is 3. The molecule has 3 aromatic heterocycles. The molecule has 0 saturated carbocycles. The minimum Gasteiger partial charge on any atom is -0.871 e. The number of alkyl halides is 9. The van der Waals surface area contributed by atoms with Crippen molar-refractivity contribution in [1.82, 2.24) is 0 Å². The van der Waals surface area contributed by atoms with Crippen molar-refractivity contribution in [2.45, 2.75) is 18.5 Å². The molecule has 0 radical (unpaired) electrons. The van der Waals surface area contributed by atoms with E-state index in [0.29, 0.717) is 0 Å². The van der Waals surface area contributed by atoms with Gasteiger partial charge in [0.05, 0.1) is 0 Å². The topological polar surface area (TPSA) is 120 Å². The molecule has 0 saturated heterocycles. The molecule has 0 unspecified atom stereocenters. The van der Waals surface area contributed by atoms with E-state index >= 15 is 0 Å². The number of carbonyl (C=O) groups is 3. The van der Waals surface area contributed by atoms with E-state index in [9.17, 15) is 69.2 Å². The fourth-order valence-corrected chi connectivity index (χ4v) is 3.98. The molecule has 6 nitrogen and oxygen atoms in total. The van der Waals surface area contributed by atoms with Gasteiger partial charge in [0.15, 0.2) is 0 Å². The first-order valence-corrected chi connectivity index (χ1v) is 13.0. The average Bonchev–Trinajstić information content (AvgIpc) is 3.66. The second-order valence-corrected chi connectivity index (χ2v) is 9.89. The molecule has 3 heterocycles. The van der Waals surface area contributed by atoms with Gasteiger partial charge in [-0.15, -0.1) is 34.0 Å². The summed E-state index contributed by atoms with van der Waals surface area (Å²) in [5.41, 5.74) is 0. The fraction of sp³-hybridized carbons (Fsp3) is 0.125. The minimum atomic E-state index is -4.98. The van der Waals surface area contributed by atoms with Crippen LogP contribution in [0.5, 0.6) is 0 Å². The Kier molecular flexibility index (Phi) is 16.9. The summed E-state index contributed by atoms with van der Waals surface area (Å²) < 4.78 is 105. The SMILES string of the molecule is O=C(/C=C(\[O-])c1cccs1)C(F)(F)F.O=C(/C=C(\[O-])c1cccs1)C(F)(F)F.O=C(/C=C(\[O-])c1cccs1)C(F)(F)F.[Eu+3]. The second kappa shape index (κ2) is 17.8. The van der Waals surface area contributed by atoms with E-state index in [0.717, 1.165) is 34.0 Å². The molecule has 0 atom stereocenters. The van der Waals surface area contributed by atoms with Gasteiger partial charge in [0, 0.05) is 14.6 Å². The Hall–Kier alpha value is -2.32. The normalized spacial score (nSPS) is 12.6. The molecule has 0 amide bonds. The maximum absolute atomic E-state index is 11.7. The zero-order chi connectivity index (χ0) is 32.3. The quantitative estimate of drug-likeness (QED) is 0.202. The summed E-state index contributed by atoms with van der Waals surface area (Å²) in [5, 5.41) is 37.6. The average molecular weight is 816 g/mol. The third-order valence-corrected chi connectivity index (χ3v) is 6.57. The monoisotopic (exact) mass is 816 g/mol. The van der Waals surface area contributed by atoms with Gasteiger partial charge in [0.25, 0.3) is 17.3 Å². The van der Waals surface area contributed by atoms with Gasteiger partial charge in [0.2, 0.25) is 0 Å². The molecule has 19 heteroatoms. The van der Waals surface area contributed by atoms with E-state index in [4.69, 9.17) is 0 Å². The maximum atomic E-state index is 11.7. The van der Waals surface area contributed by atoms with E-state index in [1.54, 1.807) is 16.1 Å². The van der Waals surface area contributed by atoms with Crippen molar-refractivity contribution >= 4 is 68.6 Å². The van der Waals surface area contributed by atoms with Gasteiger partial charge in [-0.05, 0) is 52.6 Å². The minimum absolute atomic E-state index is 0. The summed E-state index contributed by atoms with van der Waals surface area (Å²) in [7, 11) is 0. The van der Waals surface area contributed by atoms with Crippen molar-refractivity contribution in [2.75, 3.05) is 0 Å². The van der Waals surface area contributed by atoms with Crippen LogP contribution in [-0.2, 0) is 14.4 Å². The van der Waals surface area contributed by atoms with Crippen molar-refractivity contribution in [2.24, 2.45) is 0 Å².